The molecule has 3 atom stereocenters. The number of hydrogen-bond acceptors (Lipinski definition) is 4. The molecule has 1 fully saturated rings. The lowest BCUT2D eigenvalue weighted by molar-refractivity contribution is -0.142. The largest absolute Gasteiger partial charge is 0.435 e. The van der Waals surface area contributed by atoms with Crippen molar-refractivity contribution in [1.82, 2.24) is 14.8 Å². The number of fused-ring (bicyclic) bond motifs is 3. The van der Waals surface area contributed by atoms with Gasteiger partial charge in [0, 0.05) is 41.6 Å². The highest BCUT2D eigenvalue weighted by Gasteiger charge is 2.68. The maximum absolute atomic E-state index is 15.1. The van der Waals surface area contributed by atoms with Crippen LogP contribution in [0, 0.1) is 23.4 Å². The number of carbonyl (C=O) groups is 2. The van der Waals surface area contributed by atoms with Crippen molar-refractivity contribution < 1.29 is 44.7 Å². The number of ketones is 1. The van der Waals surface area contributed by atoms with Gasteiger partial charge in [-0.2, -0.15) is 27.1 Å². The van der Waals surface area contributed by atoms with Crippen LogP contribution in [0.5, 0.6) is 0 Å². The SMILES string of the molecule is NC(=O)c1cc(-c2cccnc2[C@@H](CC(=O)Cn2nc(C(F)(F)F)c3c2C(F)(F)[C@H]2C[C@@H]32)Cc2cc(F)cc(F)c2)ccc1F. The summed E-state index contributed by atoms with van der Waals surface area (Å²) in [6.45, 7) is -0.925. The van der Waals surface area contributed by atoms with E-state index in [-0.39, 0.29) is 29.7 Å². The number of benzene rings is 2. The summed E-state index contributed by atoms with van der Waals surface area (Å²) in [5.41, 5.74) is 2.69. The van der Waals surface area contributed by atoms with E-state index in [4.69, 9.17) is 5.73 Å². The first-order chi connectivity index (χ1) is 21.1. The number of nitrogens with zero attached hydrogens (tertiary/aromatic N) is 3. The van der Waals surface area contributed by atoms with Crippen LogP contribution in [0.3, 0.4) is 0 Å². The number of pyridine rings is 1. The maximum Gasteiger partial charge on any atom is 0.435 e. The van der Waals surface area contributed by atoms with E-state index in [2.05, 4.69) is 10.1 Å². The second-order valence-corrected chi connectivity index (χ2v) is 11.3. The molecule has 0 saturated heterocycles. The lowest BCUT2D eigenvalue weighted by atomic mass is 9.86. The van der Waals surface area contributed by atoms with Gasteiger partial charge in [0.15, 0.2) is 11.5 Å². The number of rotatable bonds is 9. The number of nitrogens with two attached hydrogens (primary N) is 1. The van der Waals surface area contributed by atoms with Crippen LogP contribution in [-0.4, -0.2) is 26.5 Å². The number of Topliss-reactive ketones (excluding diaryl/α,β-unsaturated/α-hetero) is 1. The Bertz CT molecular complexity index is 1830. The molecule has 0 spiro atoms. The van der Waals surface area contributed by atoms with Gasteiger partial charge >= 0.3 is 6.18 Å². The Morgan fingerprint density at radius 1 is 1.04 bits per heavy atom. The lowest BCUT2D eigenvalue weighted by Gasteiger charge is -2.21. The predicted molar refractivity (Wildman–Crippen MR) is 143 cm³/mol. The van der Waals surface area contributed by atoms with Crippen LogP contribution in [-0.2, 0) is 29.9 Å². The fraction of sp³-hybridized carbons (Fsp3) is 0.290. The van der Waals surface area contributed by atoms with E-state index in [0.29, 0.717) is 16.3 Å². The fourth-order valence-electron chi connectivity index (χ4n) is 6.25. The smallest absolute Gasteiger partial charge is 0.366 e. The van der Waals surface area contributed by atoms with Crippen molar-refractivity contribution in [3.05, 3.63) is 106 Å². The van der Waals surface area contributed by atoms with Gasteiger partial charge in [0.2, 0.25) is 0 Å². The summed E-state index contributed by atoms with van der Waals surface area (Å²) in [5.74, 6) is -11.5. The number of aromatic nitrogens is 3. The first-order valence-electron chi connectivity index (χ1n) is 13.7. The molecule has 0 radical (unpaired) electrons. The van der Waals surface area contributed by atoms with Gasteiger partial charge in [0.1, 0.15) is 29.7 Å². The van der Waals surface area contributed by atoms with E-state index in [0.717, 1.165) is 24.3 Å². The van der Waals surface area contributed by atoms with Gasteiger partial charge in [-0.1, -0.05) is 12.1 Å². The molecular formula is C31H22F8N4O2. The summed E-state index contributed by atoms with van der Waals surface area (Å²) in [4.78, 5) is 29.6. The van der Waals surface area contributed by atoms with Crippen LogP contribution in [0.15, 0.2) is 54.7 Å². The Morgan fingerprint density at radius 2 is 1.76 bits per heavy atom. The van der Waals surface area contributed by atoms with Gasteiger partial charge in [0.25, 0.3) is 11.8 Å². The minimum absolute atomic E-state index is 0.102. The number of halogens is 8. The quantitative estimate of drug-likeness (QED) is 0.208. The van der Waals surface area contributed by atoms with Crippen LogP contribution in [0.25, 0.3) is 11.1 Å². The molecule has 0 unspecified atom stereocenters. The van der Waals surface area contributed by atoms with Crippen molar-refractivity contribution in [3.63, 3.8) is 0 Å². The zero-order valence-electron chi connectivity index (χ0n) is 23.0. The number of amides is 1. The molecule has 234 valence electrons. The molecule has 0 bridgehead atoms. The third kappa shape index (κ3) is 5.57. The Labute approximate surface area is 249 Å². The highest BCUT2D eigenvalue weighted by atomic mass is 19.4. The van der Waals surface area contributed by atoms with E-state index in [1.54, 1.807) is 0 Å². The van der Waals surface area contributed by atoms with Gasteiger partial charge in [-0.25, -0.2) is 13.2 Å². The van der Waals surface area contributed by atoms with Crippen molar-refractivity contribution in [3.8, 4) is 11.1 Å². The Hall–Kier alpha value is -4.62. The minimum Gasteiger partial charge on any atom is -0.366 e. The average molecular weight is 635 g/mol. The molecule has 6 rings (SSSR count). The van der Waals surface area contributed by atoms with E-state index in [1.165, 1.54) is 24.4 Å². The molecule has 2 heterocycles. The molecule has 0 aliphatic heterocycles. The average Bonchev–Trinajstić information content (AvgIpc) is 3.60. The highest BCUT2D eigenvalue weighted by Crippen LogP contribution is 2.68. The van der Waals surface area contributed by atoms with Crippen LogP contribution in [0.1, 0.15) is 63.2 Å². The van der Waals surface area contributed by atoms with Gasteiger partial charge in [-0.15, -0.1) is 0 Å². The van der Waals surface area contributed by atoms with Crippen molar-refractivity contribution in [2.24, 2.45) is 11.7 Å². The van der Waals surface area contributed by atoms with Crippen molar-refractivity contribution in [2.75, 3.05) is 0 Å². The number of alkyl halides is 5. The molecule has 6 nitrogen and oxygen atoms in total. The van der Waals surface area contributed by atoms with Crippen LogP contribution >= 0.6 is 0 Å². The molecule has 2 aromatic heterocycles. The minimum atomic E-state index is -5.02. The van der Waals surface area contributed by atoms with Crippen LogP contribution in [0.2, 0.25) is 0 Å². The van der Waals surface area contributed by atoms with Crippen molar-refractivity contribution in [1.29, 1.82) is 0 Å². The zero-order valence-corrected chi connectivity index (χ0v) is 23.0. The molecule has 2 aliphatic rings. The van der Waals surface area contributed by atoms with E-state index >= 15 is 8.78 Å². The molecule has 2 N–H and O–H groups in total. The topological polar surface area (TPSA) is 90.9 Å². The molecule has 2 aliphatic carbocycles. The third-order valence-corrected chi connectivity index (χ3v) is 8.17. The zero-order chi connectivity index (χ0) is 32.4. The highest BCUT2D eigenvalue weighted by molar-refractivity contribution is 5.94. The van der Waals surface area contributed by atoms with Gasteiger partial charge in [0.05, 0.1) is 11.3 Å². The monoisotopic (exact) mass is 634 g/mol. The molecule has 1 saturated carbocycles. The van der Waals surface area contributed by atoms with Gasteiger partial charge < -0.3 is 5.73 Å². The summed E-state index contributed by atoms with van der Waals surface area (Å²) >= 11 is 0. The second kappa shape index (κ2) is 10.8. The third-order valence-electron chi connectivity index (χ3n) is 8.17. The summed E-state index contributed by atoms with van der Waals surface area (Å²) < 4.78 is 114. The fourth-order valence-corrected chi connectivity index (χ4v) is 6.25. The van der Waals surface area contributed by atoms with E-state index in [9.17, 15) is 35.9 Å². The number of carbonyl (C=O) groups excluding carboxylic acids is 2. The van der Waals surface area contributed by atoms with Crippen LogP contribution in [0.4, 0.5) is 35.1 Å². The van der Waals surface area contributed by atoms with Crippen molar-refractivity contribution in [2.45, 2.75) is 49.7 Å². The Morgan fingerprint density at radius 3 is 2.42 bits per heavy atom. The molecule has 14 heteroatoms. The van der Waals surface area contributed by atoms with E-state index < -0.39 is 94.5 Å². The Kier molecular flexibility index (Phi) is 7.28. The molecule has 45 heavy (non-hydrogen) atoms. The predicted octanol–water partition coefficient (Wildman–Crippen LogP) is 6.67. The lowest BCUT2D eigenvalue weighted by Crippen LogP contribution is -2.24. The molecule has 1 amide bonds. The molecule has 2 aromatic carbocycles. The summed E-state index contributed by atoms with van der Waals surface area (Å²) in [5, 5.41) is 3.40. The standard InChI is InChI=1S/C31H22F8N4O2/c32-17-7-14(8-18(33)11-17)6-16(26-20(2-1-5-41-26)15-3-4-24(34)22(10-15)29(40)45)9-19(44)13-43-28-25(27(42-43)31(37,38)39)21-12-23(21)30(28,35)36/h1-5,7-8,10-11,16,21,23H,6,9,12-13H2,(H2,40,45)/t16-,21-,23+/m1/s1. The first kappa shape index (κ1) is 30.4. The summed E-state index contributed by atoms with van der Waals surface area (Å²) in [6, 6.07) is 9.21. The van der Waals surface area contributed by atoms with Crippen molar-refractivity contribution >= 4 is 11.7 Å². The second-order valence-electron chi connectivity index (χ2n) is 11.3. The number of primary amides is 1. The summed E-state index contributed by atoms with van der Waals surface area (Å²) in [6.07, 6.45) is -4.50. The molecule has 4 aromatic rings. The van der Waals surface area contributed by atoms with Gasteiger partial charge in [-0.3, -0.25) is 19.3 Å². The van der Waals surface area contributed by atoms with Crippen LogP contribution < -0.4 is 5.73 Å². The first-order valence-corrected chi connectivity index (χ1v) is 13.7. The number of hydrogen-bond donors (Lipinski definition) is 1. The normalized spacial score (nSPS) is 18.8. The Balaban J connectivity index is 1.38. The summed E-state index contributed by atoms with van der Waals surface area (Å²) in [7, 11) is 0. The van der Waals surface area contributed by atoms with Gasteiger partial charge in [-0.05, 0) is 60.2 Å². The van der Waals surface area contributed by atoms with E-state index in [1.807, 2.05) is 0 Å². The maximum atomic E-state index is 15.1. The molecular weight excluding hydrogens is 612 g/mol.